The molecule has 4 rings (SSSR count). The third-order valence-electron chi connectivity index (χ3n) is 6.60. The fourth-order valence-electron chi connectivity index (χ4n) is 4.89. The van der Waals surface area contributed by atoms with Gasteiger partial charge in [-0.15, -0.1) is 0 Å². The molecule has 0 radical (unpaired) electrons. The van der Waals surface area contributed by atoms with Crippen LogP contribution in [0.2, 0.25) is 0 Å². The van der Waals surface area contributed by atoms with Crippen molar-refractivity contribution in [1.82, 2.24) is 14.8 Å². The minimum Gasteiger partial charge on any atom is -0.494 e. The van der Waals surface area contributed by atoms with Crippen LogP contribution in [-0.4, -0.2) is 52.3 Å². The van der Waals surface area contributed by atoms with Gasteiger partial charge >= 0.3 is 0 Å². The molecule has 2 amide bonds. The second-order valence-electron chi connectivity index (χ2n) is 8.64. The number of ether oxygens (including phenoxy) is 1. The largest absolute Gasteiger partial charge is 0.494 e. The van der Waals surface area contributed by atoms with E-state index in [2.05, 4.69) is 9.88 Å². The maximum atomic E-state index is 13.8. The number of imide groups is 1. The van der Waals surface area contributed by atoms with Crippen LogP contribution in [0.4, 0.5) is 0 Å². The number of pyridine rings is 1. The Labute approximate surface area is 196 Å². The highest BCUT2D eigenvalue weighted by Crippen LogP contribution is 2.36. The lowest BCUT2D eigenvalue weighted by Crippen LogP contribution is -2.43. The van der Waals surface area contributed by atoms with Crippen molar-refractivity contribution in [3.8, 4) is 5.75 Å². The van der Waals surface area contributed by atoms with Gasteiger partial charge in [-0.3, -0.25) is 19.5 Å². The Kier molecular flexibility index (Phi) is 7.43. The van der Waals surface area contributed by atoms with E-state index in [0.717, 1.165) is 49.0 Å². The fraction of sp³-hybridized carbons (Fsp3) is 0.444. The van der Waals surface area contributed by atoms with Gasteiger partial charge in [0.15, 0.2) is 0 Å². The van der Waals surface area contributed by atoms with E-state index in [1.54, 1.807) is 17.3 Å². The molecule has 1 aromatic heterocycles. The molecule has 0 unspecified atom stereocenters. The van der Waals surface area contributed by atoms with E-state index >= 15 is 0 Å². The summed E-state index contributed by atoms with van der Waals surface area (Å²) in [6, 6.07) is 11.5. The summed E-state index contributed by atoms with van der Waals surface area (Å²) in [5.74, 6) is 0.454. The van der Waals surface area contributed by atoms with Gasteiger partial charge in [-0.2, -0.15) is 0 Å². The number of likely N-dealkylation sites (N-methyl/N-ethyl adjacent to an activating group) is 1. The molecule has 1 fully saturated rings. The first-order valence-electron chi connectivity index (χ1n) is 12.1. The molecule has 0 N–H and O–H groups in total. The number of nitrogens with zero attached hydrogens (tertiary/aromatic N) is 3. The fourth-order valence-corrected chi connectivity index (χ4v) is 4.89. The van der Waals surface area contributed by atoms with Crippen LogP contribution in [0.25, 0.3) is 5.57 Å². The number of hydrogen-bond acceptors (Lipinski definition) is 5. The molecule has 1 aliphatic carbocycles. The maximum Gasteiger partial charge on any atom is 0.278 e. The number of hydrogen-bond donors (Lipinski definition) is 0. The van der Waals surface area contributed by atoms with Crippen molar-refractivity contribution < 1.29 is 14.3 Å². The first kappa shape index (κ1) is 23.0. The molecule has 1 saturated carbocycles. The van der Waals surface area contributed by atoms with Crippen molar-refractivity contribution in [2.75, 3.05) is 19.7 Å². The van der Waals surface area contributed by atoms with Crippen LogP contribution in [0.1, 0.15) is 57.1 Å². The molecule has 33 heavy (non-hydrogen) atoms. The molecule has 0 bridgehead atoms. The standard InChI is InChI=1S/C27H33N3O3/c1-3-29(19-16-20-14-17-28-18-15-20)25-24(21-10-12-23(13-11-21)33-4-2)26(31)30(27(25)32)22-8-6-5-7-9-22/h10-15,17-18,22H,3-9,16,19H2,1-2H3. The Hall–Kier alpha value is -3.15. The van der Waals surface area contributed by atoms with Crippen LogP contribution >= 0.6 is 0 Å². The number of aromatic nitrogens is 1. The Morgan fingerprint density at radius 3 is 2.30 bits per heavy atom. The number of carbonyl (C=O) groups excluding carboxylic acids is 2. The number of carbonyl (C=O) groups is 2. The maximum absolute atomic E-state index is 13.8. The summed E-state index contributed by atoms with van der Waals surface area (Å²) >= 11 is 0. The summed E-state index contributed by atoms with van der Waals surface area (Å²) in [4.78, 5) is 35.2. The molecule has 6 nitrogen and oxygen atoms in total. The van der Waals surface area contributed by atoms with Gasteiger partial charge in [0, 0.05) is 31.5 Å². The molecule has 0 spiro atoms. The average Bonchev–Trinajstić information content (AvgIpc) is 3.11. The Balaban J connectivity index is 1.69. The molecule has 1 aromatic carbocycles. The second-order valence-corrected chi connectivity index (χ2v) is 8.64. The molecule has 0 saturated heterocycles. The lowest BCUT2D eigenvalue weighted by molar-refractivity contribution is -0.141. The average molecular weight is 448 g/mol. The highest BCUT2D eigenvalue weighted by Gasteiger charge is 2.44. The monoisotopic (exact) mass is 447 g/mol. The van der Waals surface area contributed by atoms with Gasteiger partial charge in [0.1, 0.15) is 11.4 Å². The normalized spacial score (nSPS) is 17.1. The van der Waals surface area contributed by atoms with Crippen molar-refractivity contribution in [2.45, 2.75) is 58.4 Å². The SMILES string of the molecule is CCOc1ccc(C2=C(N(CC)CCc3ccncc3)C(=O)N(C3CCCCC3)C2=O)cc1. The first-order valence-corrected chi connectivity index (χ1v) is 12.1. The molecule has 0 atom stereocenters. The highest BCUT2D eigenvalue weighted by molar-refractivity contribution is 6.35. The molecule has 6 heteroatoms. The van der Waals surface area contributed by atoms with Gasteiger partial charge in [-0.05, 0) is 68.5 Å². The van der Waals surface area contributed by atoms with Gasteiger partial charge < -0.3 is 9.64 Å². The minimum absolute atomic E-state index is 0.00662. The summed E-state index contributed by atoms with van der Waals surface area (Å²) in [6.45, 7) is 5.87. The van der Waals surface area contributed by atoms with Crippen LogP contribution < -0.4 is 4.74 Å². The van der Waals surface area contributed by atoms with Crippen molar-refractivity contribution in [3.05, 3.63) is 65.6 Å². The topological polar surface area (TPSA) is 62.7 Å². The van der Waals surface area contributed by atoms with Gasteiger partial charge in [0.2, 0.25) is 0 Å². The van der Waals surface area contributed by atoms with E-state index in [-0.39, 0.29) is 17.9 Å². The van der Waals surface area contributed by atoms with E-state index in [4.69, 9.17) is 4.74 Å². The van der Waals surface area contributed by atoms with Crippen molar-refractivity contribution in [3.63, 3.8) is 0 Å². The van der Waals surface area contributed by atoms with Crippen LogP contribution in [-0.2, 0) is 16.0 Å². The van der Waals surface area contributed by atoms with Gasteiger partial charge in [0.05, 0.1) is 12.2 Å². The number of rotatable bonds is 9. The molecular formula is C27H33N3O3. The lowest BCUT2D eigenvalue weighted by atomic mass is 9.94. The highest BCUT2D eigenvalue weighted by atomic mass is 16.5. The summed E-state index contributed by atoms with van der Waals surface area (Å²) in [5, 5.41) is 0. The quantitative estimate of drug-likeness (QED) is 0.531. The molecule has 174 valence electrons. The smallest absolute Gasteiger partial charge is 0.278 e. The number of amides is 2. The first-order chi connectivity index (χ1) is 16.1. The van der Waals surface area contributed by atoms with E-state index in [0.29, 0.717) is 31.0 Å². The lowest BCUT2D eigenvalue weighted by Gasteiger charge is -2.31. The van der Waals surface area contributed by atoms with Crippen LogP contribution in [0, 0.1) is 0 Å². The van der Waals surface area contributed by atoms with E-state index in [1.165, 1.54) is 6.42 Å². The predicted molar refractivity (Wildman–Crippen MR) is 128 cm³/mol. The van der Waals surface area contributed by atoms with Crippen molar-refractivity contribution in [1.29, 1.82) is 0 Å². The zero-order valence-electron chi connectivity index (χ0n) is 19.6. The third kappa shape index (κ3) is 4.95. The summed E-state index contributed by atoms with van der Waals surface area (Å²) < 4.78 is 5.58. The summed E-state index contributed by atoms with van der Waals surface area (Å²) in [6.07, 6.45) is 9.43. The molecule has 2 heterocycles. The third-order valence-corrected chi connectivity index (χ3v) is 6.60. The van der Waals surface area contributed by atoms with Crippen LogP contribution in [0.5, 0.6) is 5.75 Å². The molecule has 2 aromatic rings. The minimum atomic E-state index is -0.159. The zero-order valence-corrected chi connectivity index (χ0v) is 19.6. The van der Waals surface area contributed by atoms with E-state index in [1.807, 2.05) is 50.2 Å². The molecular weight excluding hydrogens is 414 g/mol. The zero-order chi connectivity index (χ0) is 23.2. The molecule has 2 aliphatic rings. The van der Waals surface area contributed by atoms with Crippen molar-refractivity contribution >= 4 is 17.4 Å². The molecule has 1 aliphatic heterocycles. The van der Waals surface area contributed by atoms with Gasteiger partial charge in [-0.1, -0.05) is 31.4 Å². The summed E-state index contributed by atoms with van der Waals surface area (Å²) in [5.41, 5.74) is 2.98. The predicted octanol–water partition coefficient (Wildman–Crippen LogP) is 4.46. The van der Waals surface area contributed by atoms with Crippen molar-refractivity contribution in [2.24, 2.45) is 0 Å². The number of benzene rings is 1. The Bertz CT molecular complexity index is 995. The van der Waals surface area contributed by atoms with Crippen LogP contribution in [0.3, 0.4) is 0 Å². The van der Waals surface area contributed by atoms with E-state index < -0.39 is 0 Å². The van der Waals surface area contributed by atoms with Gasteiger partial charge in [0.25, 0.3) is 11.8 Å². The Morgan fingerprint density at radius 2 is 1.67 bits per heavy atom. The van der Waals surface area contributed by atoms with Gasteiger partial charge in [-0.25, -0.2) is 0 Å². The summed E-state index contributed by atoms with van der Waals surface area (Å²) in [7, 11) is 0. The Morgan fingerprint density at radius 1 is 0.970 bits per heavy atom. The van der Waals surface area contributed by atoms with Crippen LogP contribution in [0.15, 0.2) is 54.5 Å². The second kappa shape index (κ2) is 10.6. The van der Waals surface area contributed by atoms with E-state index in [9.17, 15) is 9.59 Å².